The molecule has 0 saturated carbocycles. The molecule has 0 radical (unpaired) electrons. The fraction of sp³-hybridized carbons (Fsp3) is 0.757. The lowest BCUT2D eigenvalue weighted by Gasteiger charge is -2.45. The third-order valence-electron chi connectivity index (χ3n) is 19.9. The van der Waals surface area contributed by atoms with E-state index in [2.05, 4.69) is 161 Å². The Morgan fingerprint density at radius 2 is 1.07 bits per heavy atom. The van der Waals surface area contributed by atoms with Crippen molar-refractivity contribution in [3.63, 3.8) is 0 Å². The van der Waals surface area contributed by atoms with Gasteiger partial charge in [-0.05, 0) is 132 Å². The summed E-state index contributed by atoms with van der Waals surface area (Å²) in [5.41, 5.74) is 0.105. The molecule has 1 aromatic carbocycles. The SMILES string of the molecule is C=C/C=C\[C@H](C)[C@H](OCc1ccc(OC)cc1)[C@@H](C)[C@@H](CC[C@H](C)C[C@H](C)[C@@H](O[Si](C)(C)C(C)(C)C)[C@@H](C)/C=C\[C@H](C[C@H](O[Si](CCC(F)(F)C(F)(F)C(F)(F)F)(C(C)C)C(C)C)[C@H](C)/C=C/C=C\C(=O)OC)O[Si](C)(C)C(C)(C)C)O[Si](C)(C)C(C)(C)C. The molecule has 0 aliphatic carbocycles. The van der Waals surface area contributed by atoms with Gasteiger partial charge in [-0.3, -0.25) is 0 Å². The van der Waals surface area contributed by atoms with Crippen LogP contribution in [0.2, 0.25) is 71.5 Å². The molecule has 0 aromatic heterocycles. The Kier molecular flexibility index (Phi) is 32.9. The fourth-order valence-corrected chi connectivity index (χ4v) is 19.7. The van der Waals surface area contributed by atoms with Crippen LogP contribution in [0.3, 0.4) is 0 Å². The smallest absolute Gasteiger partial charge is 0.459 e. The van der Waals surface area contributed by atoms with Crippen LogP contribution >= 0.6 is 0 Å². The molecule has 0 amide bonds. The number of ether oxygens (including phenoxy) is 3. The molecule has 516 valence electrons. The van der Waals surface area contributed by atoms with Gasteiger partial charge in [-0.1, -0.05) is 199 Å². The summed E-state index contributed by atoms with van der Waals surface area (Å²) < 4.78 is 147. The molecule has 0 N–H and O–H groups in total. The van der Waals surface area contributed by atoms with E-state index in [9.17, 15) is 26.7 Å². The van der Waals surface area contributed by atoms with Crippen molar-refractivity contribution >= 4 is 39.2 Å². The lowest BCUT2D eigenvalue weighted by Crippen LogP contribution is -2.55. The van der Waals surface area contributed by atoms with E-state index in [0.717, 1.165) is 30.6 Å². The average molecular weight is 1340 g/mol. The van der Waals surface area contributed by atoms with E-state index in [0.29, 0.717) is 6.61 Å². The number of hydrogen-bond donors (Lipinski definition) is 0. The summed E-state index contributed by atoms with van der Waals surface area (Å²) in [6.07, 6.45) is 9.14. The minimum Gasteiger partial charge on any atom is -0.497 e. The van der Waals surface area contributed by atoms with Crippen molar-refractivity contribution in [1.82, 2.24) is 0 Å². The van der Waals surface area contributed by atoms with Gasteiger partial charge < -0.3 is 31.9 Å². The predicted octanol–water partition coefficient (Wildman–Crippen LogP) is 22.1. The first-order valence-corrected chi connectivity index (χ1v) is 43.5. The molecule has 0 heterocycles. The molecule has 11 atom stereocenters. The Morgan fingerprint density at radius 3 is 1.54 bits per heavy atom. The van der Waals surface area contributed by atoms with Crippen LogP contribution in [0, 0.1) is 35.5 Å². The number of alkyl halides is 7. The summed E-state index contributed by atoms with van der Waals surface area (Å²) in [4.78, 5) is 12.1. The third-order valence-corrected chi connectivity index (χ3v) is 39.1. The lowest BCUT2D eigenvalue weighted by molar-refractivity contribution is -0.354. The maximum absolute atomic E-state index is 15.3. The van der Waals surface area contributed by atoms with E-state index >= 15 is 8.78 Å². The molecule has 0 aliphatic heterocycles. The Bertz CT molecular complexity index is 2380. The Labute approximate surface area is 540 Å². The van der Waals surface area contributed by atoms with E-state index in [1.54, 1.807) is 53.0 Å². The first-order chi connectivity index (χ1) is 40.3. The van der Waals surface area contributed by atoms with Gasteiger partial charge in [-0.15, -0.1) is 0 Å². The first-order valence-electron chi connectivity index (χ1n) is 32.5. The standard InChI is InChI=1S/C70H123F7O8Si4/c1-29-30-33-53(8)64(81-48-57-38-41-58(79-21)42-39-57)56(11)60(83-87(25,26)66(15,16)17)43-36-51(6)46-55(10)63(85-88(27,28)67(18,19)20)54(9)37-40-59(82-86(23,24)65(12,13)14)47-61(52(7)34-31-32-35-62(78)80-22)84-89(49(2)3,50(4)5)45-44-68(71,72)69(73,74)70(75,76)77/h29-35,37-42,49-56,59-61,63-64H,1,36,43-48H2,2-28H3/b33-30-,34-31+,35-32-,40-37-/t51-,52+,53-,54-,55-,56-,59+,60+,61-,63-,64-/m0/s1. The Balaban J connectivity index is 4.11. The van der Waals surface area contributed by atoms with Crippen LogP contribution in [-0.2, 0) is 38.6 Å². The van der Waals surface area contributed by atoms with Crippen molar-refractivity contribution < 1.29 is 67.4 Å². The number of hydrogen-bond acceptors (Lipinski definition) is 8. The average Bonchev–Trinajstić information content (AvgIpc) is 0.813. The molecule has 0 spiro atoms. The molecule has 19 heteroatoms. The van der Waals surface area contributed by atoms with E-state index < -0.39 is 98.9 Å². The van der Waals surface area contributed by atoms with Gasteiger partial charge in [0.2, 0.25) is 0 Å². The van der Waals surface area contributed by atoms with Crippen molar-refractivity contribution in [2.75, 3.05) is 14.2 Å². The number of halogens is 7. The molecule has 89 heavy (non-hydrogen) atoms. The molecule has 0 bridgehead atoms. The molecule has 0 aliphatic rings. The number of esters is 1. The van der Waals surface area contributed by atoms with E-state index in [4.69, 9.17) is 31.9 Å². The highest BCUT2D eigenvalue weighted by Gasteiger charge is 2.73. The minimum absolute atomic E-state index is 0.0285. The molecular weight excluding hydrogens is 1210 g/mol. The molecule has 1 aromatic rings. The number of methoxy groups -OCH3 is 2. The van der Waals surface area contributed by atoms with Gasteiger partial charge in [0.05, 0.1) is 51.3 Å². The van der Waals surface area contributed by atoms with Crippen molar-refractivity contribution in [3.05, 3.63) is 91.1 Å². The Morgan fingerprint density at radius 1 is 0.573 bits per heavy atom. The topological polar surface area (TPSA) is 81.7 Å². The highest BCUT2D eigenvalue weighted by molar-refractivity contribution is 6.76. The zero-order valence-corrected chi connectivity index (χ0v) is 64.1. The monoisotopic (exact) mass is 1340 g/mol. The van der Waals surface area contributed by atoms with Crippen molar-refractivity contribution in [3.8, 4) is 5.75 Å². The highest BCUT2D eigenvalue weighted by atomic mass is 28.4. The van der Waals surface area contributed by atoms with Crippen molar-refractivity contribution in [1.29, 1.82) is 0 Å². The van der Waals surface area contributed by atoms with Crippen LogP contribution in [-0.4, -0.2) is 102 Å². The second-order valence-corrected chi connectivity index (χ2v) is 50.1. The highest BCUT2D eigenvalue weighted by Crippen LogP contribution is 2.52. The molecule has 0 saturated heterocycles. The van der Waals surface area contributed by atoms with Crippen molar-refractivity contribution in [2.45, 2.75) is 290 Å². The normalized spacial score (nSPS) is 18.2. The number of carbonyl (C=O) groups is 1. The maximum atomic E-state index is 15.3. The maximum Gasteiger partial charge on any atom is 0.459 e. The van der Waals surface area contributed by atoms with Crippen LogP contribution in [0.25, 0.3) is 0 Å². The van der Waals surface area contributed by atoms with Crippen LogP contribution < -0.4 is 4.74 Å². The molecule has 0 fully saturated rings. The van der Waals surface area contributed by atoms with Gasteiger partial charge in [-0.2, -0.15) is 30.7 Å². The number of allylic oxidation sites excluding steroid dienone is 4. The predicted molar refractivity (Wildman–Crippen MR) is 366 cm³/mol. The fourth-order valence-electron chi connectivity index (χ4n) is 10.7. The Hall–Kier alpha value is -2.63. The molecule has 0 unspecified atom stereocenters. The largest absolute Gasteiger partial charge is 0.497 e. The van der Waals surface area contributed by atoms with Crippen LogP contribution in [0.1, 0.15) is 169 Å². The zero-order chi connectivity index (χ0) is 69.3. The zero-order valence-electron chi connectivity index (χ0n) is 60.1. The van der Waals surface area contributed by atoms with Gasteiger partial charge in [-0.25, -0.2) is 4.79 Å². The minimum atomic E-state index is -6.45. The van der Waals surface area contributed by atoms with E-state index in [1.807, 2.05) is 37.3 Å². The third kappa shape index (κ3) is 25.2. The number of carbonyl (C=O) groups excluding carboxylic acids is 1. The molecular formula is C70H123F7O8Si4. The summed E-state index contributed by atoms with van der Waals surface area (Å²) in [5.74, 6) is -11.6. The van der Waals surface area contributed by atoms with Crippen LogP contribution in [0.15, 0.2) is 85.5 Å². The summed E-state index contributed by atoms with van der Waals surface area (Å²) >= 11 is 0. The second kappa shape index (κ2) is 34.7. The van der Waals surface area contributed by atoms with Gasteiger partial charge in [0.1, 0.15) is 5.75 Å². The quantitative estimate of drug-likeness (QED) is 0.0162. The van der Waals surface area contributed by atoms with Crippen molar-refractivity contribution in [2.24, 2.45) is 35.5 Å². The van der Waals surface area contributed by atoms with Gasteiger partial charge in [0, 0.05) is 30.8 Å². The number of rotatable bonds is 38. The summed E-state index contributed by atoms with van der Waals surface area (Å²) in [5, 5.41) is -0.399. The van der Waals surface area contributed by atoms with Crippen LogP contribution in [0.5, 0.6) is 5.75 Å². The summed E-state index contributed by atoms with van der Waals surface area (Å²) in [6.45, 7) is 58.0. The summed E-state index contributed by atoms with van der Waals surface area (Å²) in [6, 6.07) is 7.33. The van der Waals surface area contributed by atoms with E-state index in [-0.39, 0.29) is 69.4 Å². The van der Waals surface area contributed by atoms with Gasteiger partial charge in [0.15, 0.2) is 33.3 Å². The van der Waals surface area contributed by atoms with E-state index in [1.165, 1.54) is 19.3 Å². The van der Waals surface area contributed by atoms with Gasteiger partial charge >= 0.3 is 24.0 Å². The lowest BCUT2D eigenvalue weighted by atomic mass is 9.82. The first kappa shape index (κ1) is 84.4. The number of benzene rings is 1. The second-order valence-electron chi connectivity index (χ2n) is 30.8. The summed E-state index contributed by atoms with van der Waals surface area (Å²) in [7, 11) is -8.08. The molecule has 8 nitrogen and oxygen atoms in total. The van der Waals surface area contributed by atoms with Crippen LogP contribution in [0.4, 0.5) is 30.7 Å². The van der Waals surface area contributed by atoms with Gasteiger partial charge in [0.25, 0.3) is 0 Å². The molecule has 1 rings (SSSR count).